The third-order valence-electron chi connectivity index (χ3n) is 2.91. The van der Waals surface area contributed by atoms with Crippen LogP contribution in [0.1, 0.15) is 16.8 Å². The van der Waals surface area contributed by atoms with Gasteiger partial charge in [-0.1, -0.05) is 15.9 Å². The topological polar surface area (TPSA) is 57.6 Å². The number of carbonyl (C=O) groups is 2. The maximum absolute atomic E-state index is 11.9. The fourth-order valence-electron chi connectivity index (χ4n) is 1.97. The van der Waals surface area contributed by atoms with E-state index < -0.39 is 5.97 Å². The highest BCUT2D eigenvalue weighted by Crippen LogP contribution is 2.32. The number of hydrogen-bond acceptors (Lipinski definition) is 2. The molecule has 1 aromatic rings. The van der Waals surface area contributed by atoms with E-state index in [4.69, 9.17) is 5.11 Å². The van der Waals surface area contributed by atoms with E-state index in [0.717, 1.165) is 9.80 Å². The van der Waals surface area contributed by atoms with Gasteiger partial charge in [0, 0.05) is 22.8 Å². The van der Waals surface area contributed by atoms with E-state index in [-0.39, 0.29) is 17.4 Å². The molecule has 1 amide bonds. The average molecular weight is 377 g/mol. The molecule has 0 aromatic heterocycles. The Morgan fingerprint density at radius 1 is 1.50 bits per heavy atom. The Kier molecular flexibility index (Phi) is 4.07. The quantitative estimate of drug-likeness (QED) is 0.825. The highest BCUT2D eigenvalue weighted by atomic mass is 79.9. The van der Waals surface area contributed by atoms with Gasteiger partial charge in [0.1, 0.15) is 0 Å². The second-order valence-corrected chi connectivity index (χ2v) is 5.70. The van der Waals surface area contributed by atoms with Crippen LogP contribution in [0.3, 0.4) is 0 Å². The lowest BCUT2D eigenvalue weighted by Crippen LogP contribution is -2.25. The van der Waals surface area contributed by atoms with E-state index in [1.807, 2.05) is 0 Å². The number of anilines is 1. The predicted octanol–water partition coefficient (Wildman–Crippen LogP) is 2.90. The van der Waals surface area contributed by atoms with Gasteiger partial charge in [0.05, 0.1) is 11.3 Å². The van der Waals surface area contributed by atoms with Crippen molar-refractivity contribution < 1.29 is 14.7 Å². The van der Waals surface area contributed by atoms with Crippen LogP contribution in [0.25, 0.3) is 0 Å². The van der Waals surface area contributed by atoms with Crippen LogP contribution < -0.4 is 4.90 Å². The summed E-state index contributed by atoms with van der Waals surface area (Å²) in [5.41, 5.74) is 0.812. The number of hydrogen-bond donors (Lipinski definition) is 1. The molecule has 1 aromatic carbocycles. The molecule has 4 nitrogen and oxygen atoms in total. The molecule has 2 rings (SSSR count). The molecule has 0 aliphatic carbocycles. The van der Waals surface area contributed by atoms with E-state index in [1.165, 1.54) is 12.1 Å². The summed E-state index contributed by atoms with van der Waals surface area (Å²) in [6, 6.07) is 4.70. The zero-order valence-electron chi connectivity index (χ0n) is 9.40. The SMILES string of the molecule is O=C(O)c1ccc(Br)c(N2CC(CBr)CC2=O)c1. The van der Waals surface area contributed by atoms with Gasteiger partial charge >= 0.3 is 5.97 Å². The number of carbonyl (C=O) groups excluding carboxylic acids is 1. The number of benzene rings is 1. The fraction of sp³-hybridized carbons (Fsp3) is 0.333. The van der Waals surface area contributed by atoms with Crippen LogP contribution >= 0.6 is 31.9 Å². The molecule has 1 heterocycles. The summed E-state index contributed by atoms with van der Waals surface area (Å²) in [4.78, 5) is 24.5. The van der Waals surface area contributed by atoms with Crippen molar-refractivity contribution >= 4 is 49.4 Å². The van der Waals surface area contributed by atoms with Gasteiger partial charge in [0.25, 0.3) is 0 Å². The van der Waals surface area contributed by atoms with Crippen molar-refractivity contribution in [3.8, 4) is 0 Å². The summed E-state index contributed by atoms with van der Waals surface area (Å²) >= 11 is 6.74. The Balaban J connectivity index is 2.35. The maximum Gasteiger partial charge on any atom is 0.335 e. The Labute approximate surface area is 121 Å². The molecule has 1 N–H and O–H groups in total. The van der Waals surface area contributed by atoms with Crippen LogP contribution in [0.5, 0.6) is 0 Å². The van der Waals surface area contributed by atoms with Crippen molar-refractivity contribution in [2.75, 3.05) is 16.8 Å². The van der Waals surface area contributed by atoms with Gasteiger partial charge in [0.2, 0.25) is 5.91 Å². The normalized spacial score (nSPS) is 19.3. The highest BCUT2D eigenvalue weighted by Gasteiger charge is 2.31. The molecule has 1 aliphatic rings. The van der Waals surface area contributed by atoms with Crippen LogP contribution in [-0.2, 0) is 4.79 Å². The molecule has 1 unspecified atom stereocenters. The van der Waals surface area contributed by atoms with Crippen LogP contribution in [0.2, 0.25) is 0 Å². The number of carboxylic acid groups (broad SMARTS) is 1. The second kappa shape index (κ2) is 5.40. The standard InChI is InChI=1S/C12H11Br2NO3/c13-5-7-3-11(16)15(6-7)10-4-8(12(17)18)1-2-9(10)14/h1-2,4,7H,3,5-6H2,(H,17,18). The molecule has 0 bridgehead atoms. The molecule has 96 valence electrons. The number of rotatable bonds is 3. The first-order chi connectivity index (χ1) is 8.52. The lowest BCUT2D eigenvalue weighted by atomic mass is 10.1. The van der Waals surface area contributed by atoms with Gasteiger partial charge in [-0.25, -0.2) is 4.79 Å². The number of alkyl halides is 1. The lowest BCUT2D eigenvalue weighted by Gasteiger charge is -2.18. The fourth-order valence-corrected chi connectivity index (χ4v) is 2.86. The van der Waals surface area contributed by atoms with E-state index >= 15 is 0 Å². The molecule has 0 saturated carbocycles. The molecule has 1 aliphatic heterocycles. The maximum atomic E-state index is 11.9. The largest absolute Gasteiger partial charge is 0.478 e. The number of carboxylic acids is 1. The minimum Gasteiger partial charge on any atom is -0.478 e. The van der Waals surface area contributed by atoms with E-state index in [2.05, 4.69) is 31.9 Å². The minimum absolute atomic E-state index is 0.0303. The molecule has 1 atom stereocenters. The molecule has 1 fully saturated rings. The second-order valence-electron chi connectivity index (χ2n) is 4.20. The molecule has 18 heavy (non-hydrogen) atoms. The lowest BCUT2D eigenvalue weighted by molar-refractivity contribution is -0.117. The van der Waals surface area contributed by atoms with Gasteiger partial charge < -0.3 is 10.0 Å². The van der Waals surface area contributed by atoms with Crippen molar-refractivity contribution in [2.45, 2.75) is 6.42 Å². The monoisotopic (exact) mass is 375 g/mol. The summed E-state index contributed by atoms with van der Waals surface area (Å²) in [6.45, 7) is 0.617. The third-order valence-corrected chi connectivity index (χ3v) is 4.49. The smallest absolute Gasteiger partial charge is 0.335 e. The average Bonchev–Trinajstić information content (AvgIpc) is 2.71. The number of aromatic carboxylic acids is 1. The molecule has 6 heteroatoms. The Morgan fingerprint density at radius 2 is 2.22 bits per heavy atom. The summed E-state index contributed by atoms with van der Waals surface area (Å²) in [7, 11) is 0. The molecule has 1 saturated heterocycles. The predicted molar refractivity (Wildman–Crippen MR) is 75.4 cm³/mol. The summed E-state index contributed by atoms with van der Waals surface area (Å²) in [5, 5.41) is 9.75. The van der Waals surface area contributed by atoms with E-state index in [1.54, 1.807) is 11.0 Å². The van der Waals surface area contributed by atoms with Crippen LogP contribution in [0, 0.1) is 5.92 Å². The van der Waals surface area contributed by atoms with Crippen LogP contribution in [0.15, 0.2) is 22.7 Å². The minimum atomic E-state index is -0.993. The van der Waals surface area contributed by atoms with E-state index in [0.29, 0.717) is 18.7 Å². The number of amides is 1. The third kappa shape index (κ3) is 2.59. The molecular formula is C12H11Br2NO3. The summed E-state index contributed by atoms with van der Waals surface area (Å²) in [6.07, 6.45) is 0.495. The Bertz CT molecular complexity index is 504. The van der Waals surface area contributed by atoms with Crippen molar-refractivity contribution in [3.63, 3.8) is 0 Å². The zero-order chi connectivity index (χ0) is 13.3. The van der Waals surface area contributed by atoms with Gasteiger partial charge in [-0.2, -0.15) is 0 Å². The van der Waals surface area contributed by atoms with Gasteiger partial charge in [-0.15, -0.1) is 0 Å². The van der Waals surface area contributed by atoms with Crippen molar-refractivity contribution in [1.29, 1.82) is 0 Å². The Morgan fingerprint density at radius 3 is 2.78 bits per heavy atom. The van der Waals surface area contributed by atoms with Crippen LogP contribution in [-0.4, -0.2) is 28.9 Å². The first-order valence-corrected chi connectivity index (χ1v) is 7.33. The summed E-state index contributed by atoms with van der Waals surface area (Å²) < 4.78 is 0.732. The molecule has 0 spiro atoms. The molecular weight excluding hydrogens is 366 g/mol. The van der Waals surface area contributed by atoms with Crippen LogP contribution in [0.4, 0.5) is 5.69 Å². The highest BCUT2D eigenvalue weighted by molar-refractivity contribution is 9.10. The van der Waals surface area contributed by atoms with E-state index in [9.17, 15) is 9.59 Å². The zero-order valence-corrected chi connectivity index (χ0v) is 12.6. The summed E-state index contributed by atoms with van der Waals surface area (Å²) in [5.74, 6) is -0.687. The first kappa shape index (κ1) is 13.5. The number of nitrogens with zero attached hydrogens (tertiary/aromatic N) is 1. The number of halogens is 2. The van der Waals surface area contributed by atoms with Gasteiger partial charge in [0.15, 0.2) is 0 Å². The van der Waals surface area contributed by atoms with Gasteiger partial charge in [-0.05, 0) is 40.0 Å². The Hall–Kier alpha value is -0.880. The van der Waals surface area contributed by atoms with Crippen molar-refractivity contribution in [3.05, 3.63) is 28.2 Å². The van der Waals surface area contributed by atoms with Gasteiger partial charge in [-0.3, -0.25) is 4.79 Å². The van der Waals surface area contributed by atoms with Crippen molar-refractivity contribution in [2.24, 2.45) is 5.92 Å². The molecule has 0 radical (unpaired) electrons. The van der Waals surface area contributed by atoms with Crippen molar-refractivity contribution in [1.82, 2.24) is 0 Å². The first-order valence-electron chi connectivity index (χ1n) is 5.42.